The van der Waals surface area contributed by atoms with Gasteiger partial charge in [0, 0.05) is 12.6 Å². The molecule has 2 unspecified atom stereocenters. The van der Waals surface area contributed by atoms with Gasteiger partial charge in [-0.15, -0.1) is 0 Å². The number of carbonyl (C=O) groups excluding carboxylic acids is 1. The van der Waals surface area contributed by atoms with Crippen molar-refractivity contribution in [3.63, 3.8) is 0 Å². The van der Waals surface area contributed by atoms with Crippen molar-refractivity contribution in [1.29, 1.82) is 0 Å². The standard InChI is InChI=1S/C18H21N3O3/c1-11-6-2-3-7-12(11)10-14(22)15-16(23)18(24)21-17(20-15)13-8-4-5-9-19-13/h4-5,8-9,11-12,23H,2-3,6-7,10H2,1H3,(H,20,21,24). The van der Waals surface area contributed by atoms with E-state index in [1.54, 1.807) is 24.4 Å². The van der Waals surface area contributed by atoms with Crippen LogP contribution in [0.25, 0.3) is 11.5 Å². The maximum Gasteiger partial charge on any atom is 0.294 e. The third kappa shape index (κ3) is 3.37. The zero-order chi connectivity index (χ0) is 17.1. The summed E-state index contributed by atoms with van der Waals surface area (Å²) in [5.41, 5.74) is -0.419. The molecule has 2 N–H and O–H groups in total. The Morgan fingerprint density at radius 1 is 1.33 bits per heavy atom. The Kier molecular flexibility index (Phi) is 4.74. The molecule has 2 aromatic rings. The second-order valence-corrected chi connectivity index (χ2v) is 6.48. The van der Waals surface area contributed by atoms with Gasteiger partial charge in [-0.3, -0.25) is 14.6 Å². The molecular formula is C18H21N3O3. The van der Waals surface area contributed by atoms with Crippen molar-refractivity contribution in [2.24, 2.45) is 11.8 Å². The summed E-state index contributed by atoms with van der Waals surface area (Å²) in [6, 6.07) is 5.20. The van der Waals surface area contributed by atoms with Crippen LogP contribution in [0.1, 0.15) is 49.5 Å². The number of pyridine rings is 1. The first-order valence-electron chi connectivity index (χ1n) is 8.34. The zero-order valence-electron chi connectivity index (χ0n) is 13.7. The van der Waals surface area contributed by atoms with E-state index in [0.29, 0.717) is 18.0 Å². The zero-order valence-corrected chi connectivity index (χ0v) is 13.7. The topological polar surface area (TPSA) is 95.9 Å². The molecule has 1 aliphatic carbocycles. The van der Waals surface area contributed by atoms with Crippen LogP contribution in [0.5, 0.6) is 5.75 Å². The molecule has 1 aliphatic rings. The third-order valence-electron chi connectivity index (χ3n) is 4.80. The molecule has 126 valence electrons. The minimum absolute atomic E-state index is 0.155. The van der Waals surface area contributed by atoms with Crippen molar-refractivity contribution in [3.8, 4) is 17.3 Å². The summed E-state index contributed by atoms with van der Waals surface area (Å²) in [7, 11) is 0. The predicted molar refractivity (Wildman–Crippen MR) is 89.8 cm³/mol. The molecule has 0 aliphatic heterocycles. The Morgan fingerprint density at radius 3 is 2.83 bits per heavy atom. The number of nitrogens with zero attached hydrogens (tertiary/aromatic N) is 2. The molecule has 0 spiro atoms. The molecule has 2 heterocycles. The second kappa shape index (κ2) is 6.95. The Hall–Kier alpha value is -2.50. The SMILES string of the molecule is CC1CCCCC1CC(=O)c1nc(-c2ccccn2)[nH]c(=O)c1O. The molecule has 0 aromatic carbocycles. The minimum Gasteiger partial charge on any atom is -0.501 e. The first kappa shape index (κ1) is 16.4. The molecule has 2 atom stereocenters. The number of hydrogen-bond donors (Lipinski definition) is 2. The monoisotopic (exact) mass is 327 g/mol. The van der Waals surface area contributed by atoms with Gasteiger partial charge in [0.15, 0.2) is 17.3 Å². The number of nitrogens with one attached hydrogen (secondary N) is 1. The van der Waals surface area contributed by atoms with Gasteiger partial charge in [0.05, 0.1) is 0 Å². The molecule has 1 fully saturated rings. The molecule has 0 bridgehead atoms. The van der Waals surface area contributed by atoms with Crippen LogP contribution in [0.4, 0.5) is 0 Å². The number of H-pyrrole nitrogens is 1. The fourth-order valence-corrected chi connectivity index (χ4v) is 3.32. The fourth-order valence-electron chi connectivity index (χ4n) is 3.32. The van der Waals surface area contributed by atoms with Gasteiger partial charge >= 0.3 is 0 Å². The summed E-state index contributed by atoms with van der Waals surface area (Å²) >= 11 is 0. The molecule has 6 nitrogen and oxygen atoms in total. The van der Waals surface area contributed by atoms with E-state index in [1.165, 1.54) is 6.42 Å². The number of aromatic nitrogens is 3. The molecule has 2 aromatic heterocycles. The third-order valence-corrected chi connectivity index (χ3v) is 4.80. The van der Waals surface area contributed by atoms with Crippen molar-refractivity contribution < 1.29 is 9.90 Å². The van der Waals surface area contributed by atoms with Crippen LogP contribution >= 0.6 is 0 Å². The molecule has 0 saturated heterocycles. The molecule has 24 heavy (non-hydrogen) atoms. The van der Waals surface area contributed by atoms with E-state index in [9.17, 15) is 14.7 Å². The van der Waals surface area contributed by atoms with Crippen LogP contribution in [-0.2, 0) is 0 Å². The molecule has 6 heteroatoms. The highest BCUT2D eigenvalue weighted by Crippen LogP contribution is 2.33. The number of hydrogen-bond acceptors (Lipinski definition) is 5. The number of carbonyl (C=O) groups is 1. The van der Waals surface area contributed by atoms with Gasteiger partial charge in [0.25, 0.3) is 5.56 Å². The Labute approximate surface area is 140 Å². The van der Waals surface area contributed by atoms with Crippen molar-refractivity contribution >= 4 is 5.78 Å². The lowest BCUT2D eigenvalue weighted by Gasteiger charge is -2.28. The molecule has 1 saturated carbocycles. The van der Waals surface area contributed by atoms with E-state index in [4.69, 9.17) is 0 Å². The average molecular weight is 327 g/mol. The van der Waals surface area contributed by atoms with Crippen LogP contribution in [-0.4, -0.2) is 25.8 Å². The maximum atomic E-state index is 12.6. The lowest BCUT2D eigenvalue weighted by Crippen LogP contribution is -2.22. The summed E-state index contributed by atoms with van der Waals surface area (Å²) < 4.78 is 0. The van der Waals surface area contributed by atoms with Gasteiger partial charge in [-0.2, -0.15) is 0 Å². The summed E-state index contributed by atoms with van der Waals surface area (Å²) in [6.45, 7) is 2.15. The van der Waals surface area contributed by atoms with Crippen molar-refractivity contribution in [3.05, 3.63) is 40.4 Å². The number of aromatic hydroxyl groups is 1. The average Bonchev–Trinajstić information content (AvgIpc) is 2.60. The summed E-state index contributed by atoms with van der Waals surface area (Å²) in [6.07, 6.45) is 6.33. The smallest absolute Gasteiger partial charge is 0.294 e. The first-order chi connectivity index (χ1) is 11.6. The van der Waals surface area contributed by atoms with E-state index in [0.717, 1.165) is 19.3 Å². The van der Waals surface area contributed by atoms with Crippen molar-refractivity contribution in [2.45, 2.75) is 39.0 Å². The van der Waals surface area contributed by atoms with Gasteiger partial charge in [-0.25, -0.2) is 4.98 Å². The summed E-state index contributed by atoms with van der Waals surface area (Å²) in [5, 5.41) is 9.99. The summed E-state index contributed by atoms with van der Waals surface area (Å²) in [5.74, 6) is 0.0586. The minimum atomic E-state index is -0.717. The Morgan fingerprint density at radius 2 is 2.12 bits per heavy atom. The van der Waals surface area contributed by atoms with Crippen LogP contribution < -0.4 is 5.56 Å². The molecule has 0 radical (unpaired) electrons. The molecular weight excluding hydrogens is 306 g/mol. The van der Waals surface area contributed by atoms with Gasteiger partial charge < -0.3 is 10.1 Å². The van der Waals surface area contributed by atoms with E-state index >= 15 is 0 Å². The highest BCUT2D eigenvalue weighted by Gasteiger charge is 2.27. The molecule has 0 amide bonds. The lowest BCUT2D eigenvalue weighted by molar-refractivity contribution is 0.0919. The second-order valence-electron chi connectivity index (χ2n) is 6.48. The normalized spacial score (nSPS) is 20.7. The van der Waals surface area contributed by atoms with Gasteiger partial charge in [-0.1, -0.05) is 32.3 Å². The van der Waals surface area contributed by atoms with Crippen LogP contribution in [0, 0.1) is 11.8 Å². The Balaban J connectivity index is 1.90. The fraction of sp³-hybridized carbons (Fsp3) is 0.444. The highest BCUT2D eigenvalue weighted by molar-refractivity contribution is 5.97. The quantitative estimate of drug-likeness (QED) is 0.842. The number of Topliss-reactive ketones (excluding diaryl/α,β-unsaturated/α-hetero) is 1. The summed E-state index contributed by atoms with van der Waals surface area (Å²) in [4.78, 5) is 35.4. The largest absolute Gasteiger partial charge is 0.501 e. The lowest BCUT2D eigenvalue weighted by atomic mass is 9.77. The molecule has 3 rings (SSSR count). The van der Waals surface area contributed by atoms with Crippen molar-refractivity contribution in [1.82, 2.24) is 15.0 Å². The first-order valence-corrected chi connectivity index (χ1v) is 8.34. The number of ketones is 1. The van der Waals surface area contributed by atoms with E-state index < -0.39 is 11.3 Å². The Bertz CT molecular complexity index is 786. The highest BCUT2D eigenvalue weighted by atomic mass is 16.3. The maximum absolute atomic E-state index is 12.6. The number of rotatable bonds is 4. The van der Waals surface area contributed by atoms with Gasteiger partial charge in [-0.05, 0) is 30.4 Å². The van der Waals surface area contributed by atoms with E-state index in [2.05, 4.69) is 21.9 Å². The predicted octanol–water partition coefficient (Wildman–Crippen LogP) is 2.94. The van der Waals surface area contributed by atoms with E-state index in [-0.39, 0.29) is 23.2 Å². The van der Waals surface area contributed by atoms with Gasteiger partial charge in [0.2, 0.25) is 5.75 Å². The number of aromatic amines is 1. The van der Waals surface area contributed by atoms with Crippen molar-refractivity contribution in [2.75, 3.05) is 0 Å². The van der Waals surface area contributed by atoms with Crippen LogP contribution in [0.2, 0.25) is 0 Å². The van der Waals surface area contributed by atoms with Crippen LogP contribution in [0.3, 0.4) is 0 Å². The van der Waals surface area contributed by atoms with Gasteiger partial charge in [0.1, 0.15) is 5.69 Å². The van der Waals surface area contributed by atoms with E-state index in [1.807, 2.05) is 0 Å². The van der Waals surface area contributed by atoms with Crippen LogP contribution in [0.15, 0.2) is 29.2 Å².